The normalized spacial score (nSPS) is 22.8. The van der Waals surface area contributed by atoms with E-state index < -0.39 is 0 Å². The van der Waals surface area contributed by atoms with Gasteiger partial charge in [-0.1, -0.05) is 41.5 Å². The maximum atomic E-state index is 8.62. The third kappa shape index (κ3) is 2.40. The van der Waals surface area contributed by atoms with E-state index in [-0.39, 0.29) is 5.41 Å². The fourth-order valence-electron chi connectivity index (χ4n) is 2.57. The van der Waals surface area contributed by atoms with Gasteiger partial charge in [0, 0.05) is 19.0 Å². The van der Waals surface area contributed by atoms with E-state index in [0.29, 0.717) is 23.3 Å². The lowest BCUT2D eigenvalue weighted by molar-refractivity contribution is 0.308. The summed E-state index contributed by atoms with van der Waals surface area (Å²) in [5, 5.41) is 12.3. The molecular formula is C14H26N2. The van der Waals surface area contributed by atoms with E-state index in [0.717, 1.165) is 13.0 Å². The molecule has 92 valence electrons. The van der Waals surface area contributed by atoms with Gasteiger partial charge >= 0.3 is 0 Å². The third-order valence-electron chi connectivity index (χ3n) is 4.72. The van der Waals surface area contributed by atoms with Crippen LogP contribution >= 0.6 is 0 Å². The van der Waals surface area contributed by atoms with E-state index in [1.54, 1.807) is 0 Å². The summed E-state index contributed by atoms with van der Waals surface area (Å²) >= 11 is 0. The molecule has 0 aromatic heterocycles. The fourth-order valence-corrected chi connectivity index (χ4v) is 2.57. The van der Waals surface area contributed by atoms with Crippen molar-refractivity contribution >= 4 is 0 Å². The van der Waals surface area contributed by atoms with Gasteiger partial charge in [0.1, 0.15) is 0 Å². The van der Waals surface area contributed by atoms with E-state index in [2.05, 4.69) is 52.9 Å². The minimum absolute atomic E-state index is 0.227. The highest BCUT2D eigenvalue weighted by molar-refractivity contribution is 5.17. The predicted molar refractivity (Wildman–Crippen MR) is 68.0 cm³/mol. The molecule has 16 heavy (non-hydrogen) atoms. The van der Waals surface area contributed by atoms with Crippen LogP contribution in [0.5, 0.6) is 0 Å². The van der Waals surface area contributed by atoms with Gasteiger partial charge in [0.25, 0.3) is 0 Å². The molecule has 0 bridgehead atoms. The Kier molecular flexibility index (Phi) is 3.41. The lowest BCUT2D eigenvalue weighted by Gasteiger charge is -2.24. The molecule has 2 nitrogen and oxygen atoms in total. The number of rotatable bonds is 5. The van der Waals surface area contributed by atoms with Crippen molar-refractivity contribution in [2.45, 2.75) is 60.4 Å². The summed E-state index contributed by atoms with van der Waals surface area (Å²) in [6.07, 6.45) is 1.64. The van der Waals surface area contributed by atoms with Crippen LogP contribution in [0.4, 0.5) is 0 Å². The Morgan fingerprint density at radius 2 is 1.69 bits per heavy atom. The molecular weight excluding hydrogens is 196 g/mol. The second kappa shape index (κ2) is 4.04. The molecule has 1 N–H and O–H groups in total. The van der Waals surface area contributed by atoms with Crippen LogP contribution in [0, 0.1) is 27.6 Å². The van der Waals surface area contributed by atoms with Gasteiger partial charge in [0.05, 0.1) is 6.07 Å². The Hall–Kier alpha value is -0.550. The van der Waals surface area contributed by atoms with Gasteiger partial charge < -0.3 is 5.32 Å². The highest BCUT2D eigenvalue weighted by Gasteiger charge is 2.64. The Balaban J connectivity index is 2.40. The summed E-state index contributed by atoms with van der Waals surface area (Å²) in [5.74, 6) is 0. The zero-order valence-corrected chi connectivity index (χ0v) is 11.6. The van der Waals surface area contributed by atoms with Gasteiger partial charge in [-0.15, -0.1) is 0 Å². The molecule has 1 rings (SSSR count). The van der Waals surface area contributed by atoms with E-state index in [1.807, 2.05) is 0 Å². The van der Waals surface area contributed by atoms with Crippen LogP contribution in [-0.2, 0) is 0 Å². The minimum atomic E-state index is 0.227. The first kappa shape index (κ1) is 13.5. The quantitative estimate of drug-likeness (QED) is 0.774. The number of nitriles is 1. The second-order valence-corrected chi connectivity index (χ2v) is 7.08. The van der Waals surface area contributed by atoms with Crippen LogP contribution in [0.2, 0.25) is 0 Å². The lowest BCUT2D eigenvalue weighted by atomic mass is 9.88. The maximum absolute atomic E-state index is 8.62. The number of nitrogens with zero attached hydrogens (tertiary/aromatic N) is 1. The van der Waals surface area contributed by atoms with Crippen LogP contribution in [0.3, 0.4) is 0 Å². The molecule has 1 saturated carbocycles. The highest BCUT2D eigenvalue weighted by atomic mass is 15.0. The molecule has 0 radical (unpaired) electrons. The zero-order chi connectivity index (χ0) is 12.6. The predicted octanol–water partition coefficient (Wildman–Crippen LogP) is 3.34. The van der Waals surface area contributed by atoms with E-state index in [4.69, 9.17) is 5.26 Å². The van der Waals surface area contributed by atoms with E-state index in [1.165, 1.54) is 0 Å². The van der Waals surface area contributed by atoms with Crippen molar-refractivity contribution in [1.29, 1.82) is 5.26 Å². The van der Waals surface area contributed by atoms with Crippen molar-refractivity contribution < 1.29 is 0 Å². The Morgan fingerprint density at radius 1 is 1.19 bits per heavy atom. The standard InChI is InChI=1S/C14H26N2/c1-12(2,8-7-9-15)10-16-11-13(3,4)14(11,5)6/h11,16H,7-8,10H2,1-6H3. The molecule has 0 aliphatic heterocycles. The first-order valence-electron chi connectivity index (χ1n) is 6.25. The van der Waals surface area contributed by atoms with Crippen molar-refractivity contribution in [3.05, 3.63) is 0 Å². The zero-order valence-electron chi connectivity index (χ0n) is 11.6. The molecule has 0 amide bonds. The summed E-state index contributed by atoms with van der Waals surface area (Å²) in [6.45, 7) is 14.8. The molecule has 0 aromatic carbocycles. The van der Waals surface area contributed by atoms with Crippen molar-refractivity contribution in [3.63, 3.8) is 0 Å². The SMILES string of the molecule is CC(C)(CCC#N)CNC1C(C)(C)C1(C)C. The van der Waals surface area contributed by atoms with Gasteiger partial charge in [0.2, 0.25) is 0 Å². The van der Waals surface area contributed by atoms with Crippen LogP contribution in [-0.4, -0.2) is 12.6 Å². The van der Waals surface area contributed by atoms with Crippen molar-refractivity contribution in [1.82, 2.24) is 5.32 Å². The Bertz CT molecular complexity index is 280. The second-order valence-electron chi connectivity index (χ2n) is 7.08. The average molecular weight is 222 g/mol. The van der Waals surface area contributed by atoms with E-state index >= 15 is 0 Å². The number of hydrogen-bond acceptors (Lipinski definition) is 2. The molecule has 2 heteroatoms. The molecule has 1 aliphatic carbocycles. The first-order valence-corrected chi connectivity index (χ1v) is 6.25. The van der Waals surface area contributed by atoms with E-state index in [9.17, 15) is 0 Å². The van der Waals surface area contributed by atoms with Gasteiger partial charge in [0.15, 0.2) is 0 Å². The first-order chi connectivity index (χ1) is 7.15. The molecule has 0 aromatic rings. The van der Waals surface area contributed by atoms with Gasteiger partial charge in [-0.3, -0.25) is 0 Å². The molecule has 1 aliphatic rings. The third-order valence-corrected chi connectivity index (χ3v) is 4.72. The van der Waals surface area contributed by atoms with Crippen molar-refractivity contribution in [2.24, 2.45) is 16.2 Å². The number of nitrogens with one attached hydrogen (secondary N) is 1. The Labute approximate surface area is 100 Å². The van der Waals surface area contributed by atoms with Gasteiger partial charge in [-0.2, -0.15) is 5.26 Å². The summed E-state index contributed by atoms with van der Waals surface area (Å²) in [6, 6.07) is 2.84. The monoisotopic (exact) mass is 222 g/mol. The largest absolute Gasteiger partial charge is 0.312 e. The molecule has 0 spiro atoms. The van der Waals surface area contributed by atoms with Crippen LogP contribution < -0.4 is 5.32 Å². The molecule has 0 heterocycles. The highest BCUT2D eigenvalue weighted by Crippen LogP contribution is 2.62. The fraction of sp³-hybridized carbons (Fsp3) is 0.929. The Morgan fingerprint density at radius 3 is 2.06 bits per heavy atom. The maximum Gasteiger partial charge on any atom is 0.0621 e. The topological polar surface area (TPSA) is 35.8 Å². The number of hydrogen-bond donors (Lipinski definition) is 1. The van der Waals surface area contributed by atoms with Crippen molar-refractivity contribution in [2.75, 3.05) is 6.54 Å². The van der Waals surface area contributed by atoms with Gasteiger partial charge in [-0.05, 0) is 22.7 Å². The summed E-state index contributed by atoms with van der Waals surface area (Å²) < 4.78 is 0. The summed E-state index contributed by atoms with van der Waals surface area (Å²) in [7, 11) is 0. The average Bonchev–Trinajstić information content (AvgIpc) is 2.52. The van der Waals surface area contributed by atoms with Crippen LogP contribution in [0.15, 0.2) is 0 Å². The van der Waals surface area contributed by atoms with Crippen LogP contribution in [0.25, 0.3) is 0 Å². The molecule has 0 unspecified atom stereocenters. The summed E-state index contributed by atoms with van der Waals surface area (Å²) in [4.78, 5) is 0. The summed E-state index contributed by atoms with van der Waals surface area (Å²) in [5.41, 5.74) is 1.03. The van der Waals surface area contributed by atoms with Crippen molar-refractivity contribution in [3.8, 4) is 6.07 Å². The van der Waals surface area contributed by atoms with Crippen LogP contribution in [0.1, 0.15) is 54.4 Å². The smallest absolute Gasteiger partial charge is 0.0621 e. The molecule has 1 fully saturated rings. The molecule has 0 saturated heterocycles. The molecule has 0 atom stereocenters. The minimum Gasteiger partial charge on any atom is -0.312 e. The lowest BCUT2D eigenvalue weighted by Crippen LogP contribution is -2.33. The van der Waals surface area contributed by atoms with Gasteiger partial charge in [-0.25, -0.2) is 0 Å².